The number of fused-ring (bicyclic) bond motifs is 3. The highest BCUT2D eigenvalue weighted by atomic mass is 16.3. The van der Waals surface area contributed by atoms with Crippen molar-refractivity contribution in [3.63, 3.8) is 0 Å². The smallest absolute Gasteiger partial charge is 0.326 e. The lowest BCUT2D eigenvalue weighted by Gasteiger charge is -2.09. The third-order valence-corrected chi connectivity index (χ3v) is 5.82. The van der Waals surface area contributed by atoms with Crippen molar-refractivity contribution in [3.8, 4) is 11.6 Å². The molecule has 196 valence electrons. The van der Waals surface area contributed by atoms with Gasteiger partial charge in [0, 0.05) is 25.5 Å². The maximum absolute atomic E-state index is 12.8. The van der Waals surface area contributed by atoms with Gasteiger partial charge in [-0.05, 0) is 49.2 Å². The number of nitrogens with one attached hydrogen (secondary N) is 3. The number of urea groups is 1. The molecule has 5 rings (SSSR count). The number of aryl methyl sites for hydroxylation is 1. The van der Waals surface area contributed by atoms with Crippen molar-refractivity contribution in [2.45, 2.75) is 25.7 Å². The number of hydrogen-bond acceptors (Lipinski definition) is 8. The summed E-state index contributed by atoms with van der Waals surface area (Å²) in [6, 6.07) is 10.0. The Morgan fingerprint density at radius 2 is 1.87 bits per heavy atom. The van der Waals surface area contributed by atoms with Crippen LogP contribution in [0.2, 0.25) is 0 Å². The third-order valence-electron chi connectivity index (χ3n) is 5.82. The predicted octanol–water partition coefficient (Wildman–Crippen LogP) is 2.70. The number of benzene rings is 1. The summed E-state index contributed by atoms with van der Waals surface area (Å²) in [6.45, 7) is 1.30. The summed E-state index contributed by atoms with van der Waals surface area (Å²) >= 11 is 0. The number of furan rings is 1. The fraction of sp³-hybridized carbons (Fsp3) is 0.280. The van der Waals surface area contributed by atoms with Crippen LogP contribution in [0, 0.1) is 0 Å². The van der Waals surface area contributed by atoms with Gasteiger partial charge in [0.25, 0.3) is 0 Å². The fourth-order valence-corrected chi connectivity index (χ4v) is 3.98. The number of rotatable bonds is 10. The average molecular weight is 517 g/mol. The van der Waals surface area contributed by atoms with Crippen LogP contribution in [-0.4, -0.2) is 54.4 Å². The van der Waals surface area contributed by atoms with Gasteiger partial charge in [0.1, 0.15) is 0 Å². The summed E-state index contributed by atoms with van der Waals surface area (Å²) in [5.74, 6) is 0.944. The number of amides is 3. The summed E-state index contributed by atoms with van der Waals surface area (Å²) in [5.41, 5.74) is 7.77. The predicted molar refractivity (Wildman–Crippen MR) is 141 cm³/mol. The van der Waals surface area contributed by atoms with Crippen LogP contribution in [0.1, 0.15) is 24.8 Å². The number of nitrogens with two attached hydrogens (primary N) is 1. The summed E-state index contributed by atoms with van der Waals surface area (Å²) in [6.07, 6.45) is 6.45. The SMILES string of the molecule is Cn1cc2c(nc(NC(=O)Nc3ccc(CC(=O)NCCCCCN)cc3)n3nc(-c4ccco4)nc23)n1. The number of carbonyl (C=O) groups excluding carboxylic acids is 2. The van der Waals surface area contributed by atoms with E-state index in [0.29, 0.717) is 47.0 Å². The lowest BCUT2D eigenvalue weighted by atomic mass is 10.1. The molecule has 0 bridgehead atoms. The first-order valence-corrected chi connectivity index (χ1v) is 12.3. The van der Waals surface area contributed by atoms with Crippen molar-refractivity contribution in [2.24, 2.45) is 12.8 Å². The maximum Gasteiger partial charge on any atom is 0.326 e. The number of nitrogens with zero attached hydrogens (tertiary/aromatic N) is 6. The van der Waals surface area contributed by atoms with E-state index in [1.54, 1.807) is 54.3 Å². The first-order valence-electron chi connectivity index (χ1n) is 12.3. The molecule has 0 fully saturated rings. The molecule has 4 aromatic heterocycles. The minimum Gasteiger partial charge on any atom is -0.461 e. The Labute approximate surface area is 217 Å². The van der Waals surface area contributed by atoms with Crippen molar-refractivity contribution < 1.29 is 14.0 Å². The van der Waals surface area contributed by atoms with E-state index >= 15 is 0 Å². The Morgan fingerprint density at radius 3 is 2.63 bits per heavy atom. The molecule has 0 aliphatic rings. The summed E-state index contributed by atoms with van der Waals surface area (Å²) in [7, 11) is 1.78. The number of aromatic nitrogens is 6. The molecule has 1 aromatic carbocycles. The van der Waals surface area contributed by atoms with E-state index in [9.17, 15) is 9.59 Å². The molecule has 13 heteroatoms. The van der Waals surface area contributed by atoms with Crippen molar-refractivity contribution >= 4 is 40.3 Å². The van der Waals surface area contributed by atoms with Gasteiger partial charge < -0.3 is 20.8 Å². The van der Waals surface area contributed by atoms with E-state index < -0.39 is 6.03 Å². The van der Waals surface area contributed by atoms with Gasteiger partial charge in [-0.15, -0.1) is 5.10 Å². The second-order valence-corrected chi connectivity index (χ2v) is 8.78. The molecular weight excluding hydrogens is 488 g/mol. The molecule has 0 radical (unpaired) electrons. The molecule has 0 spiro atoms. The van der Waals surface area contributed by atoms with Crippen LogP contribution in [-0.2, 0) is 18.3 Å². The molecule has 0 unspecified atom stereocenters. The van der Waals surface area contributed by atoms with Gasteiger partial charge >= 0.3 is 6.03 Å². The van der Waals surface area contributed by atoms with Gasteiger partial charge in [-0.1, -0.05) is 18.6 Å². The average Bonchev–Trinajstić information content (AvgIpc) is 3.64. The zero-order valence-corrected chi connectivity index (χ0v) is 20.8. The van der Waals surface area contributed by atoms with Gasteiger partial charge in [0.2, 0.25) is 17.7 Å². The largest absolute Gasteiger partial charge is 0.461 e. The van der Waals surface area contributed by atoms with Crippen LogP contribution in [0.3, 0.4) is 0 Å². The van der Waals surface area contributed by atoms with Crippen LogP contribution in [0.5, 0.6) is 0 Å². The number of carbonyl (C=O) groups is 2. The molecule has 0 saturated heterocycles. The lowest BCUT2D eigenvalue weighted by Crippen LogP contribution is -2.26. The van der Waals surface area contributed by atoms with Crippen LogP contribution in [0.15, 0.2) is 53.3 Å². The Balaban J connectivity index is 1.25. The molecule has 0 aliphatic heterocycles. The maximum atomic E-state index is 12.8. The van der Waals surface area contributed by atoms with Crippen LogP contribution < -0.4 is 21.7 Å². The van der Waals surface area contributed by atoms with Gasteiger partial charge in [-0.25, -0.2) is 9.78 Å². The third kappa shape index (κ3) is 5.62. The Kier molecular flexibility index (Phi) is 7.26. The minimum absolute atomic E-state index is 0.0436. The van der Waals surface area contributed by atoms with E-state index in [1.807, 2.05) is 0 Å². The van der Waals surface area contributed by atoms with Gasteiger partial charge in [0.05, 0.1) is 18.1 Å². The molecule has 0 atom stereocenters. The Morgan fingerprint density at radius 1 is 1.03 bits per heavy atom. The minimum atomic E-state index is -0.521. The molecule has 5 N–H and O–H groups in total. The monoisotopic (exact) mass is 516 g/mol. The van der Waals surface area contributed by atoms with E-state index in [2.05, 4.69) is 36.1 Å². The highest BCUT2D eigenvalue weighted by Gasteiger charge is 2.19. The summed E-state index contributed by atoms with van der Waals surface area (Å²) < 4.78 is 8.49. The van der Waals surface area contributed by atoms with E-state index in [1.165, 1.54) is 10.8 Å². The second-order valence-electron chi connectivity index (χ2n) is 8.78. The van der Waals surface area contributed by atoms with Crippen molar-refractivity contribution in [1.82, 2.24) is 34.7 Å². The molecular formula is C25H28N10O3. The van der Waals surface area contributed by atoms with Crippen LogP contribution in [0.4, 0.5) is 16.4 Å². The highest BCUT2D eigenvalue weighted by Crippen LogP contribution is 2.24. The molecule has 4 heterocycles. The van der Waals surface area contributed by atoms with Crippen molar-refractivity contribution in [3.05, 3.63) is 54.4 Å². The molecule has 38 heavy (non-hydrogen) atoms. The first kappa shape index (κ1) is 24.9. The number of anilines is 2. The summed E-state index contributed by atoms with van der Waals surface area (Å²) in [4.78, 5) is 34.0. The van der Waals surface area contributed by atoms with E-state index in [-0.39, 0.29) is 18.3 Å². The Bertz CT molecular complexity index is 1550. The molecule has 0 saturated carbocycles. The van der Waals surface area contributed by atoms with Crippen LogP contribution in [0.25, 0.3) is 28.3 Å². The van der Waals surface area contributed by atoms with Crippen molar-refractivity contribution in [2.75, 3.05) is 23.7 Å². The molecule has 0 aliphatic carbocycles. The zero-order chi connectivity index (χ0) is 26.5. The fourth-order valence-electron chi connectivity index (χ4n) is 3.98. The number of unbranched alkanes of at least 4 members (excludes halogenated alkanes) is 2. The second kappa shape index (κ2) is 11.1. The summed E-state index contributed by atoms with van der Waals surface area (Å²) in [5, 5.41) is 17.9. The molecule has 5 aromatic rings. The quantitative estimate of drug-likeness (QED) is 0.205. The van der Waals surface area contributed by atoms with Gasteiger partial charge in [0.15, 0.2) is 17.1 Å². The van der Waals surface area contributed by atoms with E-state index in [0.717, 1.165) is 24.8 Å². The van der Waals surface area contributed by atoms with Gasteiger partial charge in [-0.2, -0.15) is 14.6 Å². The first-order chi connectivity index (χ1) is 18.5. The van der Waals surface area contributed by atoms with Gasteiger partial charge in [-0.3, -0.25) is 14.8 Å². The normalized spacial score (nSPS) is 11.2. The standard InChI is InChI=1S/C25H28N10O3/c1-34-15-18-21(32-34)30-24(35-23(18)29-22(33-35)19-6-5-13-38-19)31-25(37)28-17-9-7-16(8-10-17)14-20(36)27-12-4-2-3-11-26/h5-10,13,15H,2-4,11-12,14,26H2,1H3,(H,27,36)(H2,28,30,31,32,37). The highest BCUT2D eigenvalue weighted by molar-refractivity contribution is 6.00. The van der Waals surface area contributed by atoms with E-state index in [4.69, 9.17) is 10.2 Å². The molecule has 13 nitrogen and oxygen atoms in total. The Hall–Kier alpha value is -4.78. The number of hydrogen-bond donors (Lipinski definition) is 4. The van der Waals surface area contributed by atoms with Crippen LogP contribution >= 0.6 is 0 Å². The lowest BCUT2D eigenvalue weighted by molar-refractivity contribution is -0.120. The molecule has 3 amide bonds. The topological polar surface area (TPSA) is 170 Å². The van der Waals surface area contributed by atoms with Crippen molar-refractivity contribution in [1.29, 1.82) is 0 Å². The zero-order valence-electron chi connectivity index (χ0n) is 20.8.